The van der Waals surface area contributed by atoms with Crippen molar-refractivity contribution in [2.24, 2.45) is 13.0 Å². The first-order chi connectivity index (χ1) is 13.5. The molecule has 1 aromatic rings. The van der Waals surface area contributed by atoms with Crippen LogP contribution in [0.4, 0.5) is 17.6 Å². The molecular weight excluding hydrogens is 410 g/mol. The summed E-state index contributed by atoms with van der Waals surface area (Å²) in [5, 5.41) is 23.8. The van der Waals surface area contributed by atoms with Crippen molar-refractivity contribution in [2.45, 2.75) is 70.3 Å². The first-order valence-electron chi connectivity index (χ1n) is 9.51. The van der Waals surface area contributed by atoms with Gasteiger partial charge in [-0.1, -0.05) is 20.8 Å². The minimum atomic E-state index is -5.08. The van der Waals surface area contributed by atoms with E-state index in [-0.39, 0.29) is 17.9 Å². The number of hydrogen-bond donors (Lipinski definition) is 3. The van der Waals surface area contributed by atoms with E-state index in [4.69, 9.17) is 15.0 Å². The van der Waals surface area contributed by atoms with E-state index in [2.05, 4.69) is 31.2 Å². The molecular formula is C19H29F4N3O4. The number of rotatable bonds is 5. The Balaban J connectivity index is 0.000000553. The summed E-state index contributed by atoms with van der Waals surface area (Å²) in [6, 6.07) is 0. The normalized spacial score (nSPS) is 22.2. The Morgan fingerprint density at radius 3 is 2.13 bits per heavy atom. The Morgan fingerprint density at radius 1 is 1.23 bits per heavy atom. The van der Waals surface area contributed by atoms with Crippen LogP contribution < -0.4 is 5.32 Å². The van der Waals surface area contributed by atoms with Crippen molar-refractivity contribution in [3.63, 3.8) is 0 Å². The lowest BCUT2D eigenvalue weighted by atomic mass is 9.80. The smallest absolute Gasteiger partial charge is 0.481 e. The average molecular weight is 439 g/mol. The molecule has 11 heteroatoms. The highest BCUT2D eigenvalue weighted by atomic mass is 19.4. The lowest BCUT2D eigenvalue weighted by Crippen LogP contribution is -2.41. The highest BCUT2D eigenvalue weighted by molar-refractivity contribution is 5.73. The zero-order valence-corrected chi connectivity index (χ0v) is 17.5. The van der Waals surface area contributed by atoms with E-state index >= 15 is 0 Å². The SMILES string of the molecule is Cn1cc(CNCC2(F)CCC(C(=O)O)CC2)c(C(C)(C)C)n1.O=C(O)C(F)(F)F. The van der Waals surface area contributed by atoms with Gasteiger partial charge in [0.05, 0.1) is 11.6 Å². The Hall–Kier alpha value is -2.17. The summed E-state index contributed by atoms with van der Waals surface area (Å²) in [7, 11) is 1.89. The topological polar surface area (TPSA) is 104 Å². The van der Waals surface area contributed by atoms with Gasteiger partial charge in [-0.15, -0.1) is 0 Å². The van der Waals surface area contributed by atoms with Crippen LogP contribution in [0.5, 0.6) is 0 Å². The lowest BCUT2D eigenvalue weighted by Gasteiger charge is -2.32. The standard InChI is InChI=1S/C17H28FN3O2.C2HF3O2/c1-16(2,3)14-13(10-21(4)20-14)9-19-11-17(18)7-5-12(6-8-17)15(22)23;3-2(4,5)1(6)7/h10,12,19H,5-9,11H2,1-4H3,(H,22,23);(H,6,7). The van der Waals surface area contributed by atoms with Crippen LogP contribution in [0.2, 0.25) is 0 Å². The maximum Gasteiger partial charge on any atom is 0.490 e. The fraction of sp³-hybridized carbons (Fsp3) is 0.737. The van der Waals surface area contributed by atoms with Crippen LogP contribution in [-0.2, 0) is 28.6 Å². The number of halogens is 4. The molecule has 0 amide bonds. The van der Waals surface area contributed by atoms with Crippen LogP contribution in [0.1, 0.15) is 57.7 Å². The maximum atomic E-state index is 14.8. The molecule has 0 unspecified atom stereocenters. The van der Waals surface area contributed by atoms with E-state index in [0.717, 1.165) is 11.3 Å². The monoisotopic (exact) mass is 439 g/mol. The van der Waals surface area contributed by atoms with Crippen LogP contribution in [0.3, 0.4) is 0 Å². The predicted octanol–water partition coefficient (Wildman–Crippen LogP) is 3.42. The number of nitrogens with one attached hydrogen (secondary N) is 1. The van der Waals surface area contributed by atoms with E-state index < -0.39 is 23.8 Å². The molecule has 3 N–H and O–H groups in total. The van der Waals surface area contributed by atoms with Crippen LogP contribution >= 0.6 is 0 Å². The number of carboxylic acid groups (broad SMARTS) is 2. The molecule has 7 nitrogen and oxygen atoms in total. The molecule has 1 aromatic heterocycles. The molecule has 1 saturated carbocycles. The molecule has 0 atom stereocenters. The van der Waals surface area contributed by atoms with E-state index in [9.17, 15) is 22.4 Å². The minimum absolute atomic E-state index is 0.0504. The molecule has 172 valence electrons. The zero-order valence-electron chi connectivity index (χ0n) is 17.5. The van der Waals surface area contributed by atoms with Crippen molar-refractivity contribution in [3.05, 3.63) is 17.5 Å². The minimum Gasteiger partial charge on any atom is -0.481 e. The summed E-state index contributed by atoms with van der Waals surface area (Å²) in [4.78, 5) is 19.8. The van der Waals surface area contributed by atoms with Gasteiger partial charge < -0.3 is 15.5 Å². The number of carbonyl (C=O) groups is 2. The molecule has 0 aliphatic heterocycles. The van der Waals surface area contributed by atoms with Crippen molar-refractivity contribution >= 4 is 11.9 Å². The number of aryl methyl sites for hydroxylation is 1. The van der Waals surface area contributed by atoms with Gasteiger partial charge in [0.1, 0.15) is 5.67 Å². The van der Waals surface area contributed by atoms with Crippen LogP contribution in [-0.4, -0.2) is 50.3 Å². The van der Waals surface area contributed by atoms with E-state index in [1.165, 1.54) is 0 Å². The third-order valence-corrected chi connectivity index (χ3v) is 4.85. The molecule has 0 aromatic carbocycles. The summed E-state index contributed by atoms with van der Waals surface area (Å²) in [5.74, 6) is -3.94. The maximum absolute atomic E-state index is 14.8. The second-order valence-electron chi connectivity index (χ2n) is 8.60. The van der Waals surface area contributed by atoms with Gasteiger partial charge in [0, 0.05) is 37.3 Å². The molecule has 0 bridgehead atoms. The molecule has 0 spiro atoms. The number of aromatic nitrogens is 2. The molecule has 0 saturated heterocycles. The number of carboxylic acids is 2. The Kier molecular flexibility index (Phi) is 8.41. The quantitative estimate of drug-likeness (QED) is 0.608. The summed E-state index contributed by atoms with van der Waals surface area (Å²) < 4.78 is 48.3. The van der Waals surface area contributed by atoms with E-state index in [1.54, 1.807) is 4.68 Å². The van der Waals surface area contributed by atoms with Gasteiger partial charge in [0.2, 0.25) is 0 Å². The summed E-state index contributed by atoms with van der Waals surface area (Å²) >= 11 is 0. The van der Waals surface area contributed by atoms with Crippen LogP contribution in [0.15, 0.2) is 6.20 Å². The van der Waals surface area contributed by atoms with Crippen molar-refractivity contribution < 1.29 is 37.4 Å². The second kappa shape index (κ2) is 9.76. The van der Waals surface area contributed by atoms with Crippen LogP contribution in [0.25, 0.3) is 0 Å². The molecule has 0 radical (unpaired) electrons. The largest absolute Gasteiger partial charge is 0.490 e. The molecule has 2 rings (SSSR count). The van der Waals surface area contributed by atoms with Gasteiger partial charge in [-0.05, 0) is 25.7 Å². The van der Waals surface area contributed by atoms with Gasteiger partial charge in [-0.25, -0.2) is 9.18 Å². The zero-order chi connectivity index (χ0) is 23.3. The predicted molar refractivity (Wildman–Crippen MR) is 101 cm³/mol. The number of hydrogen-bond acceptors (Lipinski definition) is 4. The highest BCUT2D eigenvalue weighted by Crippen LogP contribution is 2.35. The van der Waals surface area contributed by atoms with Gasteiger partial charge in [-0.2, -0.15) is 18.3 Å². The average Bonchev–Trinajstić information content (AvgIpc) is 2.96. The summed E-state index contributed by atoms with van der Waals surface area (Å²) in [6.07, 6.45) is -1.63. The van der Waals surface area contributed by atoms with Crippen molar-refractivity contribution in [3.8, 4) is 0 Å². The first-order valence-corrected chi connectivity index (χ1v) is 9.51. The lowest BCUT2D eigenvalue weighted by molar-refractivity contribution is -0.192. The second-order valence-corrected chi connectivity index (χ2v) is 8.60. The highest BCUT2D eigenvalue weighted by Gasteiger charge is 2.38. The molecule has 1 fully saturated rings. The van der Waals surface area contributed by atoms with E-state index in [1.807, 2.05) is 13.2 Å². The first kappa shape index (κ1) is 25.9. The fourth-order valence-corrected chi connectivity index (χ4v) is 3.28. The van der Waals surface area contributed by atoms with Crippen molar-refractivity contribution in [1.29, 1.82) is 0 Å². The number of aliphatic carboxylic acids is 2. The number of nitrogens with zero attached hydrogens (tertiary/aromatic N) is 2. The van der Waals surface area contributed by atoms with E-state index in [0.29, 0.717) is 32.2 Å². The van der Waals surface area contributed by atoms with Gasteiger partial charge in [0.15, 0.2) is 0 Å². The summed E-state index contributed by atoms with van der Waals surface area (Å²) in [5.41, 5.74) is 0.763. The fourth-order valence-electron chi connectivity index (χ4n) is 3.28. The van der Waals surface area contributed by atoms with Crippen molar-refractivity contribution in [1.82, 2.24) is 15.1 Å². The Bertz CT molecular complexity index is 733. The third kappa shape index (κ3) is 7.92. The Labute approximate surface area is 172 Å². The van der Waals surface area contributed by atoms with Crippen LogP contribution in [0, 0.1) is 5.92 Å². The molecule has 30 heavy (non-hydrogen) atoms. The number of alkyl halides is 4. The van der Waals surface area contributed by atoms with Gasteiger partial charge in [0.25, 0.3) is 0 Å². The third-order valence-electron chi connectivity index (χ3n) is 4.85. The van der Waals surface area contributed by atoms with Gasteiger partial charge >= 0.3 is 18.1 Å². The molecule has 1 aliphatic rings. The summed E-state index contributed by atoms with van der Waals surface area (Å²) in [6.45, 7) is 7.18. The van der Waals surface area contributed by atoms with Gasteiger partial charge in [-0.3, -0.25) is 9.48 Å². The Morgan fingerprint density at radius 2 is 1.73 bits per heavy atom. The molecule has 1 aliphatic carbocycles. The van der Waals surface area contributed by atoms with Crippen molar-refractivity contribution in [2.75, 3.05) is 6.54 Å². The molecule has 1 heterocycles.